The first-order chi connectivity index (χ1) is 9.19. The van der Waals surface area contributed by atoms with E-state index in [0.717, 1.165) is 18.7 Å². The van der Waals surface area contributed by atoms with Crippen molar-refractivity contribution in [3.05, 3.63) is 41.2 Å². The summed E-state index contributed by atoms with van der Waals surface area (Å²) in [4.78, 5) is 1.39. The number of hydrogen-bond donors (Lipinski definition) is 2. The summed E-state index contributed by atoms with van der Waals surface area (Å²) in [6, 6.07) is 7.91. The van der Waals surface area contributed by atoms with Gasteiger partial charge < -0.3 is 10.4 Å². The highest BCUT2D eigenvalue weighted by Gasteiger charge is 2.12. The summed E-state index contributed by atoms with van der Waals surface area (Å²) in [5.41, 5.74) is 2.07. The molecule has 6 nitrogen and oxygen atoms in total. The summed E-state index contributed by atoms with van der Waals surface area (Å²) in [7, 11) is 1.71. The summed E-state index contributed by atoms with van der Waals surface area (Å²) < 4.78 is 0. The van der Waals surface area contributed by atoms with Crippen molar-refractivity contribution in [1.82, 2.24) is 25.5 Å². The van der Waals surface area contributed by atoms with Gasteiger partial charge >= 0.3 is 0 Å². The minimum Gasteiger partial charge on any atom is -0.388 e. The van der Waals surface area contributed by atoms with E-state index in [9.17, 15) is 5.11 Å². The highest BCUT2D eigenvalue weighted by Crippen LogP contribution is 2.16. The standard InChI is InChI=1S/C13H19N5O/c1-3-14-9-10-4-6-11(7-5-10)12(19)8-13-15-17-18(2)16-13/h4-7,12,14,19H,3,8-9H2,1-2H3. The van der Waals surface area contributed by atoms with Crippen LogP contribution in [-0.2, 0) is 20.0 Å². The van der Waals surface area contributed by atoms with Crippen molar-refractivity contribution in [2.45, 2.75) is 26.0 Å². The molecule has 19 heavy (non-hydrogen) atoms. The van der Waals surface area contributed by atoms with Crippen molar-refractivity contribution < 1.29 is 5.11 Å². The lowest BCUT2D eigenvalue weighted by molar-refractivity contribution is 0.175. The van der Waals surface area contributed by atoms with E-state index >= 15 is 0 Å². The fraction of sp³-hybridized carbons (Fsp3) is 0.462. The molecule has 2 rings (SSSR count). The first kappa shape index (κ1) is 13.6. The van der Waals surface area contributed by atoms with Gasteiger partial charge in [0, 0.05) is 13.0 Å². The van der Waals surface area contributed by atoms with Crippen LogP contribution in [0.2, 0.25) is 0 Å². The van der Waals surface area contributed by atoms with Crippen LogP contribution in [-0.4, -0.2) is 31.9 Å². The van der Waals surface area contributed by atoms with Gasteiger partial charge in [-0.05, 0) is 22.9 Å². The normalized spacial score (nSPS) is 12.6. The van der Waals surface area contributed by atoms with Gasteiger partial charge in [0.05, 0.1) is 13.2 Å². The highest BCUT2D eigenvalue weighted by atomic mass is 16.3. The Kier molecular flexibility index (Phi) is 4.59. The zero-order chi connectivity index (χ0) is 13.7. The molecule has 102 valence electrons. The van der Waals surface area contributed by atoms with Crippen LogP contribution in [0.25, 0.3) is 0 Å². The summed E-state index contributed by atoms with van der Waals surface area (Å²) in [5.74, 6) is 0.548. The predicted molar refractivity (Wildman–Crippen MR) is 71.3 cm³/mol. The minimum absolute atomic E-state index is 0.375. The van der Waals surface area contributed by atoms with Crippen LogP contribution >= 0.6 is 0 Å². The highest BCUT2D eigenvalue weighted by molar-refractivity contribution is 5.24. The molecule has 0 aliphatic heterocycles. The number of hydrogen-bond acceptors (Lipinski definition) is 5. The topological polar surface area (TPSA) is 75.9 Å². The van der Waals surface area contributed by atoms with Gasteiger partial charge in [0.2, 0.25) is 0 Å². The molecule has 0 saturated heterocycles. The van der Waals surface area contributed by atoms with E-state index in [-0.39, 0.29) is 0 Å². The number of aliphatic hydroxyl groups is 1. The number of nitrogens with zero attached hydrogens (tertiary/aromatic N) is 4. The maximum atomic E-state index is 10.1. The Morgan fingerprint density at radius 2 is 2.05 bits per heavy atom. The van der Waals surface area contributed by atoms with Crippen LogP contribution in [0.3, 0.4) is 0 Å². The molecule has 6 heteroatoms. The van der Waals surface area contributed by atoms with Crippen LogP contribution in [0.1, 0.15) is 30.0 Å². The van der Waals surface area contributed by atoms with E-state index in [1.807, 2.05) is 24.3 Å². The van der Waals surface area contributed by atoms with E-state index < -0.39 is 6.10 Å². The van der Waals surface area contributed by atoms with Crippen LogP contribution in [0, 0.1) is 0 Å². The van der Waals surface area contributed by atoms with Crippen molar-refractivity contribution in [1.29, 1.82) is 0 Å². The average Bonchev–Trinajstić information content (AvgIpc) is 2.82. The van der Waals surface area contributed by atoms with Crippen molar-refractivity contribution in [2.75, 3.05) is 6.54 Å². The Hall–Kier alpha value is -1.79. The van der Waals surface area contributed by atoms with Gasteiger partial charge in [0.1, 0.15) is 0 Å². The van der Waals surface area contributed by atoms with Gasteiger partial charge in [-0.25, -0.2) is 0 Å². The second-order valence-corrected chi connectivity index (χ2v) is 4.44. The fourth-order valence-electron chi connectivity index (χ4n) is 1.82. The largest absolute Gasteiger partial charge is 0.388 e. The van der Waals surface area contributed by atoms with Crippen LogP contribution in [0.15, 0.2) is 24.3 Å². The molecule has 0 radical (unpaired) electrons. The van der Waals surface area contributed by atoms with Crippen molar-refractivity contribution in [3.8, 4) is 0 Å². The zero-order valence-corrected chi connectivity index (χ0v) is 11.2. The first-order valence-electron chi connectivity index (χ1n) is 6.39. The number of aliphatic hydroxyl groups excluding tert-OH is 1. The van der Waals surface area contributed by atoms with Crippen molar-refractivity contribution >= 4 is 0 Å². The van der Waals surface area contributed by atoms with Crippen LogP contribution < -0.4 is 5.32 Å². The smallest absolute Gasteiger partial charge is 0.177 e. The monoisotopic (exact) mass is 261 g/mol. The second kappa shape index (κ2) is 6.40. The lowest BCUT2D eigenvalue weighted by Crippen LogP contribution is -2.11. The van der Waals surface area contributed by atoms with E-state index in [4.69, 9.17) is 0 Å². The van der Waals surface area contributed by atoms with Gasteiger partial charge in [0.15, 0.2) is 5.82 Å². The zero-order valence-electron chi connectivity index (χ0n) is 11.2. The van der Waals surface area contributed by atoms with E-state index in [1.165, 1.54) is 10.4 Å². The van der Waals surface area contributed by atoms with Gasteiger partial charge in [-0.2, -0.15) is 4.80 Å². The van der Waals surface area contributed by atoms with Gasteiger partial charge in [-0.1, -0.05) is 31.2 Å². The molecule has 0 saturated carbocycles. The number of aryl methyl sites for hydroxylation is 1. The molecular formula is C13H19N5O. The Morgan fingerprint density at radius 1 is 1.32 bits per heavy atom. The average molecular weight is 261 g/mol. The maximum absolute atomic E-state index is 10.1. The summed E-state index contributed by atoms with van der Waals surface area (Å²) in [5, 5.41) is 25.1. The fourth-order valence-corrected chi connectivity index (χ4v) is 1.82. The van der Waals surface area contributed by atoms with Gasteiger partial charge in [0.25, 0.3) is 0 Å². The Labute approximate surface area is 112 Å². The summed E-state index contributed by atoms with van der Waals surface area (Å²) >= 11 is 0. The van der Waals surface area contributed by atoms with E-state index in [1.54, 1.807) is 7.05 Å². The number of benzene rings is 1. The molecule has 1 atom stereocenters. The lowest BCUT2D eigenvalue weighted by Gasteiger charge is -2.09. The predicted octanol–water partition coefficient (Wildman–Crippen LogP) is 0.596. The minimum atomic E-state index is -0.600. The molecular weight excluding hydrogens is 242 g/mol. The Balaban J connectivity index is 1.97. The third kappa shape index (κ3) is 3.84. The molecule has 0 spiro atoms. The van der Waals surface area contributed by atoms with Crippen molar-refractivity contribution in [3.63, 3.8) is 0 Å². The molecule has 0 bridgehead atoms. The quantitative estimate of drug-likeness (QED) is 0.796. The molecule has 0 amide bonds. The molecule has 0 aliphatic rings. The first-order valence-corrected chi connectivity index (χ1v) is 6.39. The molecule has 0 fully saturated rings. The van der Waals surface area contributed by atoms with Gasteiger partial charge in [-0.15, -0.1) is 10.2 Å². The number of nitrogens with one attached hydrogen (secondary N) is 1. The second-order valence-electron chi connectivity index (χ2n) is 4.44. The summed E-state index contributed by atoms with van der Waals surface area (Å²) in [6.45, 7) is 3.87. The number of rotatable bonds is 6. The number of tetrazole rings is 1. The Bertz CT molecular complexity index is 508. The Morgan fingerprint density at radius 3 is 2.63 bits per heavy atom. The number of aromatic nitrogens is 4. The molecule has 1 aromatic heterocycles. The van der Waals surface area contributed by atoms with Crippen LogP contribution in [0.4, 0.5) is 0 Å². The molecule has 2 N–H and O–H groups in total. The maximum Gasteiger partial charge on any atom is 0.177 e. The molecule has 2 aromatic rings. The van der Waals surface area contributed by atoms with Crippen LogP contribution in [0.5, 0.6) is 0 Å². The lowest BCUT2D eigenvalue weighted by atomic mass is 10.0. The van der Waals surface area contributed by atoms with E-state index in [0.29, 0.717) is 12.2 Å². The SMILES string of the molecule is CCNCc1ccc(C(O)Cc2nnn(C)n2)cc1. The van der Waals surface area contributed by atoms with E-state index in [2.05, 4.69) is 27.7 Å². The third-order valence-electron chi connectivity index (χ3n) is 2.87. The van der Waals surface area contributed by atoms with Crippen molar-refractivity contribution in [2.24, 2.45) is 7.05 Å². The molecule has 1 heterocycles. The molecule has 0 aliphatic carbocycles. The molecule has 1 aromatic carbocycles. The van der Waals surface area contributed by atoms with Gasteiger partial charge in [-0.3, -0.25) is 0 Å². The summed E-state index contributed by atoms with van der Waals surface area (Å²) in [6.07, 6.45) is -0.224. The third-order valence-corrected chi connectivity index (χ3v) is 2.87. The molecule has 1 unspecified atom stereocenters.